The minimum absolute atomic E-state index is 0.105. The lowest BCUT2D eigenvalue weighted by Gasteiger charge is -2.47. The van der Waals surface area contributed by atoms with Crippen LogP contribution in [-0.2, 0) is 0 Å². The average Bonchev–Trinajstić information content (AvgIpc) is 2.67. The van der Waals surface area contributed by atoms with Gasteiger partial charge in [0, 0.05) is 18.1 Å². The number of nitrogen functional groups attached to an aromatic ring is 1. The maximum atomic E-state index is 12.3. The Balaban J connectivity index is 1.99. The molecule has 0 bridgehead atoms. The lowest BCUT2D eigenvalue weighted by Crippen LogP contribution is -2.57. The molecule has 4 N–H and O–H groups in total. The van der Waals surface area contributed by atoms with E-state index in [0.29, 0.717) is 22.4 Å². The number of likely N-dealkylation sites (N-methyl/N-ethyl adjacent to an activating group) is 1. The van der Waals surface area contributed by atoms with Crippen molar-refractivity contribution in [3.05, 3.63) is 4.88 Å². The van der Waals surface area contributed by atoms with Gasteiger partial charge >= 0.3 is 0 Å². The number of amides is 1. The van der Waals surface area contributed by atoms with Gasteiger partial charge in [-0.3, -0.25) is 4.79 Å². The summed E-state index contributed by atoms with van der Waals surface area (Å²) >= 11 is 1.31. The molecule has 1 aliphatic rings. The predicted octanol–water partition coefficient (Wildman–Crippen LogP) is 1.76. The molecule has 7 heteroatoms. The number of nitrogens with one attached hydrogen (secondary N) is 2. The van der Waals surface area contributed by atoms with E-state index < -0.39 is 0 Å². The Bertz CT molecular complexity index is 507. The van der Waals surface area contributed by atoms with Crippen molar-refractivity contribution in [1.29, 1.82) is 0 Å². The molecule has 1 saturated carbocycles. The van der Waals surface area contributed by atoms with Crippen molar-refractivity contribution in [2.24, 2.45) is 0 Å². The van der Waals surface area contributed by atoms with E-state index in [4.69, 9.17) is 5.73 Å². The van der Waals surface area contributed by atoms with E-state index in [1.54, 1.807) is 0 Å². The largest absolute Gasteiger partial charge is 0.382 e. The van der Waals surface area contributed by atoms with Crippen LogP contribution in [0.5, 0.6) is 0 Å². The number of thiazole rings is 1. The van der Waals surface area contributed by atoms with Gasteiger partial charge < -0.3 is 21.3 Å². The Morgan fingerprint density at radius 1 is 1.48 bits per heavy atom. The molecule has 118 valence electrons. The molecule has 0 atom stereocenters. The molecule has 1 heterocycles. The Morgan fingerprint density at radius 2 is 2.14 bits per heavy atom. The topological polar surface area (TPSA) is 83.3 Å². The van der Waals surface area contributed by atoms with Crippen LogP contribution in [0.4, 0.5) is 10.9 Å². The Hall–Kier alpha value is -1.34. The van der Waals surface area contributed by atoms with Crippen molar-refractivity contribution in [2.45, 2.75) is 44.7 Å². The fourth-order valence-corrected chi connectivity index (χ4v) is 3.44. The zero-order valence-corrected chi connectivity index (χ0v) is 14.0. The molecule has 0 saturated heterocycles. The second-order valence-corrected chi connectivity index (χ2v) is 7.19. The quantitative estimate of drug-likeness (QED) is 0.745. The SMILES string of the molecule is CC(C)Nc1nc(N)c(C(=O)NCC2(N(C)C)CCC2)s1. The van der Waals surface area contributed by atoms with E-state index in [-0.39, 0.29) is 17.5 Å². The predicted molar refractivity (Wildman–Crippen MR) is 87.9 cm³/mol. The van der Waals surface area contributed by atoms with Crippen molar-refractivity contribution in [3.8, 4) is 0 Å². The monoisotopic (exact) mass is 311 g/mol. The lowest BCUT2D eigenvalue weighted by atomic mass is 9.75. The van der Waals surface area contributed by atoms with Gasteiger partial charge in [0.25, 0.3) is 5.91 Å². The van der Waals surface area contributed by atoms with Crippen LogP contribution in [0, 0.1) is 0 Å². The highest BCUT2D eigenvalue weighted by atomic mass is 32.1. The second-order valence-electron chi connectivity index (χ2n) is 6.19. The van der Waals surface area contributed by atoms with Crippen molar-refractivity contribution in [3.63, 3.8) is 0 Å². The molecule has 21 heavy (non-hydrogen) atoms. The molecule has 2 rings (SSSR count). The summed E-state index contributed by atoms with van der Waals surface area (Å²) < 4.78 is 0. The number of rotatable bonds is 6. The molecule has 1 aliphatic carbocycles. The summed E-state index contributed by atoms with van der Waals surface area (Å²) in [6.45, 7) is 4.70. The fourth-order valence-electron chi connectivity index (χ4n) is 2.50. The molecule has 1 aromatic heterocycles. The number of nitrogens with two attached hydrogens (primary N) is 1. The molecule has 0 radical (unpaired) electrons. The van der Waals surface area contributed by atoms with E-state index >= 15 is 0 Å². The van der Waals surface area contributed by atoms with Gasteiger partial charge in [-0.15, -0.1) is 0 Å². The Kier molecular flexibility index (Phi) is 4.73. The number of hydrogen-bond acceptors (Lipinski definition) is 6. The molecule has 1 fully saturated rings. The first kappa shape index (κ1) is 16.0. The molecule has 0 aliphatic heterocycles. The minimum atomic E-state index is -0.130. The number of hydrogen-bond donors (Lipinski definition) is 3. The van der Waals surface area contributed by atoms with E-state index in [1.165, 1.54) is 17.8 Å². The van der Waals surface area contributed by atoms with Gasteiger partial charge in [-0.05, 0) is 47.2 Å². The van der Waals surface area contributed by atoms with Crippen LogP contribution in [-0.4, -0.2) is 48.0 Å². The summed E-state index contributed by atoms with van der Waals surface area (Å²) in [6.07, 6.45) is 3.47. The van der Waals surface area contributed by atoms with Crippen molar-refractivity contribution >= 4 is 28.2 Å². The smallest absolute Gasteiger partial charge is 0.265 e. The van der Waals surface area contributed by atoms with E-state index in [9.17, 15) is 4.79 Å². The van der Waals surface area contributed by atoms with Crippen molar-refractivity contribution in [1.82, 2.24) is 15.2 Å². The van der Waals surface area contributed by atoms with Crippen LogP contribution in [0.3, 0.4) is 0 Å². The maximum absolute atomic E-state index is 12.3. The molecule has 0 spiro atoms. The van der Waals surface area contributed by atoms with Crippen LogP contribution in [0.15, 0.2) is 0 Å². The first-order chi connectivity index (χ1) is 9.84. The van der Waals surface area contributed by atoms with Crippen LogP contribution in [0.25, 0.3) is 0 Å². The molecular weight excluding hydrogens is 286 g/mol. The third-order valence-corrected chi connectivity index (χ3v) is 5.08. The van der Waals surface area contributed by atoms with Crippen molar-refractivity contribution in [2.75, 3.05) is 31.7 Å². The highest BCUT2D eigenvalue weighted by Gasteiger charge is 2.39. The summed E-state index contributed by atoms with van der Waals surface area (Å²) in [5.74, 6) is 0.170. The summed E-state index contributed by atoms with van der Waals surface area (Å²) in [5.41, 5.74) is 5.96. The number of anilines is 2. The third-order valence-electron chi connectivity index (χ3n) is 4.08. The Labute approximate surface area is 130 Å². The minimum Gasteiger partial charge on any atom is -0.382 e. The van der Waals surface area contributed by atoms with Gasteiger partial charge in [0.15, 0.2) is 5.13 Å². The average molecular weight is 311 g/mol. The van der Waals surface area contributed by atoms with Gasteiger partial charge in [-0.25, -0.2) is 4.98 Å². The van der Waals surface area contributed by atoms with Crippen molar-refractivity contribution < 1.29 is 4.79 Å². The zero-order chi connectivity index (χ0) is 15.6. The fraction of sp³-hybridized carbons (Fsp3) is 0.714. The highest BCUT2D eigenvalue weighted by Crippen LogP contribution is 2.35. The van der Waals surface area contributed by atoms with Gasteiger partial charge in [0.05, 0.1) is 0 Å². The van der Waals surface area contributed by atoms with Gasteiger partial charge in [0.2, 0.25) is 0 Å². The summed E-state index contributed by atoms with van der Waals surface area (Å²) in [4.78, 5) is 19.2. The first-order valence-corrected chi connectivity index (χ1v) is 8.14. The number of nitrogens with zero attached hydrogens (tertiary/aromatic N) is 2. The molecule has 0 aromatic carbocycles. The first-order valence-electron chi connectivity index (χ1n) is 7.32. The zero-order valence-electron chi connectivity index (χ0n) is 13.2. The van der Waals surface area contributed by atoms with E-state index in [1.807, 2.05) is 13.8 Å². The summed E-state index contributed by atoms with van der Waals surface area (Å²) in [7, 11) is 4.13. The molecular formula is C14H25N5OS. The number of carbonyl (C=O) groups is 1. The normalized spacial score (nSPS) is 16.9. The van der Waals surface area contributed by atoms with Crippen LogP contribution in [0.1, 0.15) is 42.8 Å². The molecule has 1 aromatic rings. The van der Waals surface area contributed by atoms with Gasteiger partial charge in [0.1, 0.15) is 10.7 Å². The van der Waals surface area contributed by atoms with Crippen LogP contribution in [0.2, 0.25) is 0 Å². The molecule has 6 nitrogen and oxygen atoms in total. The summed E-state index contributed by atoms with van der Waals surface area (Å²) in [6, 6.07) is 0.262. The van der Waals surface area contributed by atoms with Gasteiger partial charge in [-0.2, -0.15) is 0 Å². The number of carbonyl (C=O) groups excluding carboxylic acids is 1. The third kappa shape index (κ3) is 3.47. The molecule has 1 amide bonds. The van der Waals surface area contributed by atoms with E-state index in [0.717, 1.165) is 12.8 Å². The summed E-state index contributed by atoms with van der Waals surface area (Å²) in [5, 5.41) is 6.88. The standard InChI is InChI=1S/C14H25N5OS/c1-9(2)17-13-18-11(15)10(21-13)12(20)16-8-14(19(3)4)6-5-7-14/h9H,5-8,15H2,1-4H3,(H,16,20)(H,17,18). The maximum Gasteiger partial charge on any atom is 0.265 e. The Morgan fingerprint density at radius 3 is 2.62 bits per heavy atom. The van der Waals surface area contributed by atoms with Crippen LogP contribution < -0.4 is 16.4 Å². The molecule has 0 unspecified atom stereocenters. The highest BCUT2D eigenvalue weighted by molar-refractivity contribution is 7.18. The van der Waals surface area contributed by atoms with E-state index in [2.05, 4.69) is 34.6 Å². The van der Waals surface area contributed by atoms with Crippen LogP contribution >= 0.6 is 11.3 Å². The number of aromatic nitrogens is 1. The van der Waals surface area contributed by atoms with Gasteiger partial charge in [-0.1, -0.05) is 11.3 Å². The second kappa shape index (κ2) is 6.19. The lowest BCUT2D eigenvalue weighted by molar-refractivity contribution is 0.0559.